The van der Waals surface area contributed by atoms with E-state index < -0.39 is 6.23 Å². The zero-order valence-corrected chi connectivity index (χ0v) is 21.4. The van der Waals surface area contributed by atoms with Crippen LogP contribution < -0.4 is 17.7 Å². The molecule has 0 spiro atoms. The Bertz CT molecular complexity index is 425. The van der Waals surface area contributed by atoms with Crippen molar-refractivity contribution in [2.75, 3.05) is 14.1 Å². The molecule has 0 saturated heterocycles. The summed E-state index contributed by atoms with van der Waals surface area (Å²) in [5.74, 6) is 0.112. The highest BCUT2D eigenvalue weighted by atomic mass is 35.5. The zero-order valence-electron chi connectivity index (χ0n) is 20.6. The molecule has 0 heterocycles. The van der Waals surface area contributed by atoms with Crippen LogP contribution in [0.3, 0.4) is 0 Å². The van der Waals surface area contributed by atoms with E-state index in [0.717, 1.165) is 19.3 Å². The molecule has 2 atom stereocenters. The van der Waals surface area contributed by atoms with Crippen molar-refractivity contribution in [2.45, 2.75) is 129 Å². The quantitative estimate of drug-likeness (QED) is 0.138. The highest BCUT2D eigenvalue weighted by Gasteiger charge is 2.32. The highest BCUT2D eigenvalue weighted by Crippen LogP contribution is 2.13. The Labute approximate surface area is 193 Å². The van der Waals surface area contributed by atoms with Gasteiger partial charge in [0.25, 0.3) is 0 Å². The SMILES string of the molecule is CCCCCCCC/C=C\CCCCCCCC(=O)NC(CC)[N+](C)(C)C(C)O.[Cl-]. The maximum Gasteiger partial charge on any atom is 0.224 e. The molecule has 1 amide bonds. The molecule has 0 aliphatic carbocycles. The molecular formula is C25H51ClN2O2. The number of hydrogen-bond acceptors (Lipinski definition) is 2. The summed E-state index contributed by atoms with van der Waals surface area (Å²) < 4.78 is 0.397. The molecule has 2 unspecified atom stereocenters. The van der Waals surface area contributed by atoms with Gasteiger partial charge in [-0.05, 0) is 32.1 Å². The third kappa shape index (κ3) is 16.2. The second kappa shape index (κ2) is 20.3. The van der Waals surface area contributed by atoms with E-state index in [0.29, 0.717) is 10.9 Å². The van der Waals surface area contributed by atoms with E-state index in [9.17, 15) is 9.90 Å². The highest BCUT2D eigenvalue weighted by molar-refractivity contribution is 5.75. The van der Waals surface area contributed by atoms with Gasteiger partial charge < -0.3 is 22.8 Å². The molecule has 0 aromatic carbocycles. The van der Waals surface area contributed by atoms with Crippen molar-refractivity contribution in [1.82, 2.24) is 5.32 Å². The van der Waals surface area contributed by atoms with Gasteiger partial charge in [-0.25, -0.2) is 0 Å². The van der Waals surface area contributed by atoms with E-state index in [4.69, 9.17) is 0 Å². The predicted octanol–water partition coefficient (Wildman–Crippen LogP) is 3.29. The van der Waals surface area contributed by atoms with E-state index in [1.807, 2.05) is 14.1 Å². The van der Waals surface area contributed by atoms with E-state index in [1.165, 1.54) is 70.6 Å². The number of carbonyl (C=O) groups is 1. The Kier molecular flexibility index (Phi) is 21.4. The molecule has 0 fully saturated rings. The molecule has 5 heteroatoms. The molecular weight excluding hydrogens is 396 g/mol. The summed E-state index contributed by atoms with van der Waals surface area (Å²) in [7, 11) is 3.92. The Hall–Kier alpha value is -0.580. The third-order valence-electron chi connectivity index (χ3n) is 6.15. The lowest BCUT2D eigenvalue weighted by Gasteiger charge is -2.40. The topological polar surface area (TPSA) is 49.3 Å². The number of amides is 1. The van der Waals surface area contributed by atoms with E-state index >= 15 is 0 Å². The lowest BCUT2D eigenvalue weighted by Crippen LogP contribution is -3.00. The summed E-state index contributed by atoms with van der Waals surface area (Å²) in [5, 5.41) is 13.0. The van der Waals surface area contributed by atoms with Crippen molar-refractivity contribution < 1.29 is 26.8 Å². The van der Waals surface area contributed by atoms with Crippen LogP contribution in [0.2, 0.25) is 0 Å². The van der Waals surface area contributed by atoms with Crippen LogP contribution in [0.5, 0.6) is 0 Å². The van der Waals surface area contributed by atoms with Crippen LogP contribution >= 0.6 is 0 Å². The van der Waals surface area contributed by atoms with Crippen molar-refractivity contribution in [1.29, 1.82) is 0 Å². The summed E-state index contributed by atoms with van der Waals surface area (Å²) in [6.45, 7) is 6.09. The Balaban J connectivity index is 0. The number of allylic oxidation sites excluding steroid dienone is 2. The normalized spacial score (nSPS) is 13.8. The minimum atomic E-state index is -0.500. The summed E-state index contributed by atoms with van der Waals surface area (Å²) in [6, 6.07) is 0. The first-order valence-corrected chi connectivity index (χ1v) is 12.3. The lowest BCUT2D eigenvalue weighted by molar-refractivity contribution is -0.959. The molecule has 0 rings (SSSR count). The molecule has 0 radical (unpaired) electrons. The number of unbranched alkanes of at least 4 members (excludes halogenated alkanes) is 11. The summed E-state index contributed by atoms with van der Waals surface area (Å²) in [6.07, 6.45) is 22.1. The number of hydrogen-bond donors (Lipinski definition) is 2. The Morgan fingerprint density at radius 1 is 0.867 bits per heavy atom. The average Bonchev–Trinajstić information content (AvgIpc) is 2.68. The van der Waals surface area contributed by atoms with Gasteiger partial charge >= 0.3 is 0 Å². The number of nitrogens with one attached hydrogen (secondary N) is 1. The third-order valence-corrected chi connectivity index (χ3v) is 6.15. The molecule has 0 aromatic heterocycles. The lowest BCUT2D eigenvalue weighted by atomic mass is 10.1. The van der Waals surface area contributed by atoms with Gasteiger partial charge in [0.2, 0.25) is 5.91 Å². The van der Waals surface area contributed by atoms with Crippen molar-refractivity contribution in [3.8, 4) is 0 Å². The molecule has 0 bridgehead atoms. The molecule has 180 valence electrons. The number of aliphatic hydroxyl groups is 1. The van der Waals surface area contributed by atoms with Crippen LogP contribution in [0.15, 0.2) is 12.2 Å². The number of aliphatic hydroxyl groups excluding tert-OH is 1. The fraction of sp³-hybridized carbons (Fsp3) is 0.880. The summed E-state index contributed by atoms with van der Waals surface area (Å²) in [5.41, 5.74) is 0. The van der Waals surface area contributed by atoms with Crippen molar-refractivity contribution in [3.05, 3.63) is 12.2 Å². The van der Waals surface area contributed by atoms with Crippen molar-refractivity contribution in [2.24, 2.45) is 0 Å². The molecule has 2 N–H and O–H groups in total. The van der Waals surface area contributed by atoms with Crippen LogP contribution in [0.4, 0.5) is 0 Å². The molecule has 30 heavy (non-hydrogen) atoms. The van der Waals surface area contributed by atoms with Crippen LogP contribution in [0.25, 0.3) is 0 Å². The van der Waals surface area contributed by atoms with Gasteiger partial charge in [-0.3, -0.25) is 9.28 Å². The van der Waals surface area contributed by atoms with Gasteiger partial charge in [0.1, 0.15) is 0 Å². The fourth-order valence-electron chi connectivity index (χ4n) is 3.61. The second-order valence-electron chi connectivity index (χ2n) is 9.09. The van der Waals surface area contributed by atoms with Crippen LogP contribution in [-0.4, -0.2) is 42.0 Å². The largest absolute Gasteiger partial charge is 1.00 e. The number of carbonyl (C=O) groups excluding carboxylic acids is 1. The maximum absolute atomic E-state index is 12.2. The van der Waals surface area contributed by atoms with E-state index in [1.54, 1.807) is 6.92 Å². The van der Waals surface area contributed by atoms with Crippen LogP contribution in [-0.2, 0) is 4.79 Å². The van der Waals surface area contributed by atoms with Crippen molar-refractivity contribution >= 4 is 5.91 Å². The standard InChI is InChI=1S/C25H50N2O2.ClH/c1-6-8-9-10-11-12-13-14-15-16-17-18-19-20-21-22-25(29)26-24(7-2)27(4,5)23(3)28;/h14-15,23-24,28H,6-13,16-22H2,1-5H3;1H/b15-14-;. The molecule has 0 aliphatic rings. The first kappa shape index (κ1) is 31.6. The summed E-state index contributed by atoms with van der Waals surface area (Å²) >= 11 is 0. The molecule has 0 saturated carbocycles. The predicted molar refractivity (Wildman–Crippen MR) is 125 cm³/mol. The number of halogens is 1. The zero-order chi connectivity index (χ0) is 22.0. The molecule has 0 aliphatic heterocycles. The fourth-order valence-corrected chi connectivity index (χ4v) is 3.61. The van der Waals surface area contributed by atoms with Gasteiger partial charge in [0, 0.05) is 19.8 Å². The number of rotatable bonds is 19. The minimum Gasteiger partial charge on any atom is -1.00 e. The van der Waals surface area contributed by atoms with Crippen molar-refractivity contribution in [3.63, 3.8) is 0 Å². The van der Waals surface area contributed by atoms with Gasteiger partial charge in [-0.1, -0.05) is 77.4 Å². The Morgan fingerprint density at radius 3 is 1.80 bits per heavy atom. The number of quaternary nitrogens is 1. The molecule has 0 aromatic rings. The maximum atomic E-state index is 12.2. The van der Waals surface area contributed by atoms with Gasteiger partial charge in [-0.15, -0.1) is 0 Å². The smallest absolute Gasteiger partial charge is 0.224 e. The average molecular weight is 447 g/mol. The van der Waals surface area contributed by atoms with Crippen LogP contribution in [0, 0.1) is 0 Å². The first-order chi connectivity index (χ1) is 13.9. The summed E-state index contributed by atoms with van der Waals surface area (Å²) in [4.78, 5) is 12.2. The second-order valence-corrected chi connectivity index (χ2v) is 9.09. The number of nitrogens with zero attached hydrogens (tertiary/aromatic N) is 1. The van der Waals surface area contributed by atoms with Gasteiger partial charge in [-0.2, -0.15) is 0 Å². The van der Waals surface area contributed by atoms with Crippen LogP contribution in [0.1, 0.15) is 117 Å². The van der Waals surface area contributed by atoms with Gasteiger partial charge in [0.05, 0.1) is 14.1 Å². The monoisotopic (exact) mass is 446 g/mol. The Morgan fingerprint density at radius 2 is 1.33 bits per heavy atom. The van der Waals surface area contributed by atoms with Gasteiger partial charge in [0.15, 0.2) is 12.4 Å². The van der Waals surface area contributed by atoms with E-state index in [2.05, 4.69) is 31.3 Å². The van der Waals surface area contributed by atoms with E-state index in [-0.39, 0.29) is 24.5 Å². The minimum absolute atomic E-state index is 0. The molecule has 4 nitrogen and oxygen atoms in total. The first-order valence-electron chi connectivity index (χ1n) is 12.3.